The highest BCUT2D eigenvalue weighted by Gasteiger charge is 2.52. The molecule has 0 saturated carbocycles. The number of benzene rings is 1. The zero-order valence-corrected chi connectivity index (χ0v) is 12.8. The van der Waals surface area contributed by atoms with E-state index in [2.05, 4.69) is 0 Å². The Bertz CT molecular complexity index is 556. The summed E-state index contributed by atoms with van der Waals surface area (Å²) in [7, 11) is -0.697. The maximum Gasteiger partial charge on any atom is 0.492 e. The van der Waals surface area contributed by atoms with Gasteiger partial charge in [-0.25, -0.2) is 4.39 Å². The summed E-state index contributed by atoms with van der Waals surface area (Å²) in [6.07, 6.45) is 1.54. The van der Waals surface area contributed by atoms with Crippen LogP contribution in [0.5, 0.6) is 0 Å². The third kappa shape index (κ3) is 3.12. The summed E-state index contributed by atoms with van der Waals surface area (Å²) in [6.45, 7) is 7.41. The predicted octanol–water partition coefficient (Wildman–Crippen LogP) is 2.42. The van der Waals surface area contributed by atoms with Crippen LogP contribution in [-0.4, -0.2) is 30.0 Å². The molecule has 0 aromatic heterocycles. The Kier molecular flexibility index (Phi) is 4.15. The van der Waals surface area contributed by atoms with E-state index in [9.17, 15) is 9.50 Å². The Balaban J connectivity index is 2.31. The molecule has 1 aliphatic heterocycles. The van der Waals surface area contributed by atoms with E-state index < -0.39 is 24.1 Å². The van der Waals surface area contributed by atoms with E-state index in [-0.39, 0.29) is 6.61 Å². The van der Waals surface area contributed by atoms with Crippen molar-refractivity contribution in [2.75, 3.05) is 12.3 Å². The summed E-state index contributed by atoms with van der Waals surface area (Å²) < 4.78 is 25.6. The lowest BCUT2D eigenvalue weighted by atomic mass is 9.77. The molecule has 114 valence electrons. The minimum atomic E-state index is -0.697. The summed E-state index contributed by atoms with van der Waals surface area (Å²) in [6, 6.07) is 4.41. The van der Waals surface area contributed by atoms with Gasteiger partial charge in [0.05, 0.1) is 17.8 Å². The van der Waals surface area contributed by atoms with Gasteiger partial charge in [-0.15, -0.1) is 0 Å². The van der Waals surface area contributed by atoms with Crippen molar-refractivity contribution in [1.82, 2.24) is 0 Å². The number of rotatable bonds is 3. The van der Waals surface area contributed by atoms with Crippen molar-refractivity contribution in [3.8, 4) is 0 Å². The van der Waals surface area contributed by atoms with E-state index in [1.54, 1.807) is 12.1 Å². The SMILES string of the molecule is CC1(C)OB(C(=Cc2ccc(N)cc2F)CO)OC1(C)C. The fraction of sp³-hybridized carbons (Fsp3) is 0.467. The van der Waals surface area contributed by atoms with Crippen molar-refractivity contribution >= 4 is 18.9 Å². The van der Waals surface area contributed by atoms with Crippen LogP contribution >= 0.6 is 0 Å². The Morgan fingerprint density at radius 3 is 2.33 bits per heavy atom. The van der Waals surface area contributed by atoms with E-state index in [0.717, 1.165) is 0 Å². The minimum Gasteiger partial charge on any atom is -0.400 e. The number of hydrogen-bond donors (Lipinski definition) is 2. The molecular formula is C15H21BFNO3. The molecule has 1 saturated heterocycles. The van der Waals surface area contributed by atoms with Gasteiger partial charge in [-0.05, 0) is 45.3 Å². The highest BCUT2D eigenvalue weighted by molar-refractivity contribution is 6.55. The first-order valence-corrected chi connectivity index (χ1v) is 6.88. The Morgan fingerprint density at radius 1 is 1.29 bits per heavy atom. The molecule has 1 fully saturated rings. The van der Waals surface area contributed by atoms with Crippen molar-refractivity contribution in [2.45, 2.75) is 38.9 Å². The van der Waals surface area contributed by atoms with Gasteiger partial charge in [0.25, 0.3) is 0 Å². The van der Waals surface area contributed by atoms with Crippen LogP contribution in [-0.2, 0) is 9.31 Å². The first-order valence-electron chi connectivity index (χ1n) is 6.88. The maximum absolute atomic E-state index is 13.9. The van der Waals surface area contributed by atoms with Crippen molar-refractivity contribution in [2.24, 2.45) is 0 Å². The second kappa shape index (κ2) is 5.44. The Hall–Kier alpha value is -1.37. The summed E-state index contributed by atoms with van der Waals surface area (Å²) >= 11 is 0. The van der Waals surface area contributed by atoms with Crippen LogP contribution in [0.25, 0.3) is 6.08 Å². The molecule has 1 aliphatic rings. The van der Waals surface area contributed by atoms with Crippen molar-refractivity contribution in [3.63, 3.8) is 0 Å². The van der Waals surface area contributed by atoms with Crippen LogP contribution < -0.4 is 5.73 Å². The molecule has 0 atom stereocenters. The zero-order chi connectivity index (χ0) is 15.8. The van der Waals surface area contributed by atoms with Gasteiger partial charge in [-0.1, -0.05) is 12.1 Å². The van der Waals surface area contributed by atoms with Gasteiger partial charge in [0, 0.05) is 11.3 Å². The van der Waals surface area contributed by atoms with E-state index in [4.69, 9.17) is 15.0 Å². The first-order chi connectivity index (χ1) is 9.66. The molecule has 0 radical (unpaired) electrons. The van der Waals surface area contributed by atoms with E-state index in [0.29, 0.717) is 16.7 Å². The molecule has 21 heavy (non-hydrogen) atoms. The molecule has 0 bridgehead atoms. The largest absolute Gasteiger partial charge is 0.492 e. The lowest BCUT2D eigenvalue weighted by Crippen LogP contribution is -2.41. The molecule has 2 rings (SSSR count). The Labute approximate surface area is 124 Å². The monoisotopic (exact) mass is 293 g/mol. The molecule has 1 aromatic carbocycles. The van der Waals surface area contributed by atoms with Gasteiger partial charge in [-0.2, -0.15) is 0 Å². The van der Waals surface area contributed by atoms with Crippen molar-refractivity contribution in [3.05, 3.63) is 35.1 Å². The predicted molar refractivity (Wildman–Crippen MR) is 82.0 cm³/mol. The maximum atomic E-state index is 13.9. The average Bonchev–Trinajstić information content (AvgIpc) is 2.57. The number of nitrogen functional groups attached to an aromatic ring is 1. The Morgan fingerprint density at radius 2 is 1.86 bits per heavy atom. The lowest BCUT2D eigenvalue weighted by molar-refractivity contribution is 0.00578. The third-order valence-corrected chi connectivity index (χ3v) is 4.10. The number of halogens is 1. The second-order valence-corrected chi connectivity index (χ2v) is 6.25. The quantitative estimate of drug-likeness (QED) is 0.663. The average molecular weight is 293 g/mol. The van der Waals surface area contributed by atoms with Crippen molar-refractivity contribution < 1.29 is 18.8 Å². The fourth-order valence-corrected chi connectivity index (χ4v) is 2.04. The van der Waals surface area contributed by atoms with Crippen molar-refractivity contribution in [1.29, 1.82) is 0 Å². The molecule has 0 spiro atoms. The zero-order valence-electron chi connectivity index (χ0n) is 12.8. The molecule has 4 nitrogen and oxygen atoms in total. The number of aliphatic hydroxyl groups excluding tert-OH is 1. The highest BCUT2D eigenvalue weighted by Crippen LogP contribution is 2.38. The molecule has 0 aliphatic carbocycles. The van der Waals surface area contributed by atoms with Gasteiger partial charge in [0.15, 0.2) is 0 Å². The second-order valence-electron chi connectivity index (χ2n) is 6.25. The molecule has 1 aromatic rings. The summed E-state index contributed by atoms with van der Waals surface area (Å²) in [5.41, 5.74) is 5.67. The van der Waals surface area contributed by atoms with Crippen LogP contribution in [0, 0.1) is 5.82 Å². The minimum absolute atomic E-state index is 0.277. The summed E-state index contributed by atoms with van der Waals surface area (Å²) in [5, 5.41) is 9.56. The highest BCUT2D eigenvalue weighted by atomic mass is 19.1. The van der Waals surface area contributed by atoms with Crippen LogP contribution in [0.4, 0.5) is 10.1 Å². The van der Waals surface area contributed by atoms with Crippen LogP contribution in [0.2, 0.25) is 0 Å². The molecule has 1 heterocycles. The van der Waals surface area contributed by atoms with Gasteiger partial charge in [0.2, 0.25) is 0 Å². The van der Waals surface area contributed by atoms with Gasteiger partial charge in [0.1, 0.15) is 5.82 Å². The fourth-order valence-electron chi connectivity index (χ4n) is 2.04. The van der Waals surface area contributed by atoms with E-state index in [1.807, 2.05) is 27.7 Å². The third-order valence-electron chi connectivity index (χ3n) is 4.10. The molecule has 6 heteroatoms. The number of hydrogen-bond acceptors (Lipinski definition) is 4. The van der Waals surface area contributed by atoms with Gasteiger partial charge >= 0.3 is 7.12 Å². The number of aliphatic hydroxyl groups is 1. The van der Waals surface area contributed by atoms with Crippen LogP contribution in [0.3, 0.4) is 0 Å². The molecular weight excluding hydrogens is 272 g/mol. The molecule has 0 unspecified atom stereocenters. The lowest BCUT2D eigenvalue weighted by Gasteiger charge is -2.32. The van der Waals surface area contributed by atoms with Crippen LogP contribution in [0.15, 0.2) is 23.7 Å². The first kappa shape index (κ1) is 16.0. The topological polar surface area (TPSA) is 64.7 Å². The normalized spacial score (nSPS) is 20.9. The van der Waals surface area contributed by atoms with E-state index >= 15 is 0 Å². The van der Waals surface area contributed by atoms with Gasteiger partial charge in [-0.3, -0.25) is 0 Å². The van der Waals surface area contributed by atoms with E-state index in [1.165, 1.54) is 12.1 Å². The molecule has 3 N–H and O–H groups in total. The van der Waals surface area contributed by atoms with Gasteiger partial charge < -0.3 is 20.1 Å². The number of anilines is 1. The smallest absolute Gasteiger partial charge is 0.400 e. The summed E-state index contributed by atoms with van der Waals surface area (Å²) in [5.74, 6) is -0.447. The standard InChI is InChI=1S/C15H21BFNO3/c1-14(2)15(3,4)21-16(20-14)11(9-19)7-10-5-6-12(18)8-13(10)17/h5-8,19H,9,18H2,1-4H3. The van der Waals surface area contributed by atoms with Crippen LogP contribution in [0.1, 0.15) is 33.3 Å². The summed E-state index contributed by atoms with van der Waals surface area (Å²) in [4.78, 5) is 0. The number of nitrogens with two attached hydrogens (primary N) is 1. The molecule has 0 amide bonds.